The summed E-state index contributed by atoms with van der Waals surface area (Å²) in [5, 5.41) is 6.65. The Morgan fingerprint density at radius 1 is 1.38 bits per heavy atom. The van der Waals surface area contributed by atoms with Gasteiger partial charge in [-0.05, 0) is 87.3 Å². The zero-order valence-electron chi connectivity index (χ0n) is 20.2. The lowest BCUT2D eigenvalue weighted by Gasteiger charge is -2.30. The maximum Gasteiger partial charge on any atom is 0.322 e. The second-order valence-corrected chi connectivity index (χ2v) is 9.14. The minimum atomic E-state index is -3.13. The van der Waals surface area contributed by atoms with Crippen molar-refractivity contribution >= 4 is 11.9 Å². The van der Waals surface area contributed by atoms with Crippen LogP contribution in [0.4, 0.5) is 14.7 Å². The van der Waals surface area contributed by atoms with Gasteiger partial charge in [-0.1, -0.05) is 0 Å². The fourth-order valence-corrected chi connectivity index (χ4v) is 4.11. The molecule has 0 spiro atoms. The van der Waals surface area contributed by atoms with Crippen LogP contribution >= 0.6 is 0 Å². The third-order valence-corrected chi connectivity index (χ3v) is 6.13. The molecule has 2 heterocycles. The minimum Gasteiger partial charge on any atom is -0.494 e. The number of alkyl halides is 2. The van der Waals surface area contributed by atoms with Crippen molar-refractivity contribution in [2.24, 2.45) is 11.7 Å². The third-order valence-electron chi connectivity index (χ3n) is 6.13. The number of rotatable bonds is 11. The molecule has 0 aliphatic carbocycles. The highest BCUT2D eigenvalue weighted by atomic mass is 19.3. The average molecular weight is 480 g/mol. The normalized spacial score (nSPS) is 15.9. The molecule has 1 aromatic carbocycles. The average Bonchev–Trinajstić information content (AvgIpc) is 3.28. The Labute approximate surface area is 199 Å². The zero-order chi connectivity index (χ0) is 24.7. The highest BCUT2D eigenvalue weighted by molar-refractivity contribution is 5.95. The summed E-state index contributed by atoms with van der Waals surface area (Å²) in [6, 6.07) is 5.54. The highest BCUT2D eigenvalue weighted by Gasteiger charge is 2.33. The molecule has 3 rings (SSSR count). The standard InChI is InChI=1S/C24H35F2N5O3/c1-16-15-19(6-7-20(16)21(32)28-17(2)8-11-27)33-14-4-5-18-9-12-31(13-10-18)23-29-22(34-30-23)24(3,25)26/h6-7,15,17-18H,4-5,8-14,27H2,1-3H3,(H,28,32). The molecule has 2 aromatic rings. The summed E-state index contributed by atoms with van der Waals surface area (Å²) in [5.74, 6) is -2.34. The van der Waals surface area contributed by atoms with Crippen molar-refractivity contribution in [3.63, 3.8) is 0 Å². The van der Waals surface area contributed by atoms with Crippen molar-refractivity contribution in [3.8, 4) is 5.75 Å². The Hall–Kier alpha value is -2.75. The number of nitrogens with zero attached hydrogens (tertiary/aromatic N) is 3. The number of ether oxygens (including phenoxy) is 1. The van der Waals surface area contributed by atoms with Crippen LogP contribution in [0.15, 0.2) is 22.7 Å². The smallest absolute Gasteiger partial charge is 0.322 e. The van der Waals surface area contributed by atoms with Gasteiger partial charge in [0, 0.05) is 31.6 Å². The molecule has 1 aromatic heterocycles. The Bertz CT molecular complexity index is 939. The van der Waals surface area contributed by atoms with E-state index in [2.05, 4.69) is 20.0 Å². The highest BCUT2D eigenvalue weighted by Crippen LogP contribution is 2.29. The summed E-state index contributed by atoms with van der Waals surface area (Å²) in [6.07, 6.45) is 4.56. The van der Waals surface area contributed by atoms with Gasteiger partial charge in [0.05, 0.1) is 6.61 Å². The van der Waals surface area contributed by atoms with Gasteiger partial charge in [-0.15, -0.1) is 0 Å². The fraction of sp³-hybridized carbons (Fsp3) is 0.625. The van der Waals surface area contributed by atoms with Gasteiger partial charge in [0.1, 0.15) is 5.75 Å². The molecule has 1 saturated heterocycles. The Balaban J connectivity index is 1.38. The second kappa shape index (κ2) is 11.6. The van der Waals surface area contributed by atoms with E-state index in [0.717, 1.165) is 50.3 Å². The number of aryl methyl sites for hydroxylation is 1. The van der Waals surface area contributed by atoms with E-state index in [0.29, 0.717) is 37.7 Å². The molecular weight excluding hydrogens is 444 g/mol. The maximum atomic E-state index is 13.3. The van der Waals surface area contributed by atoms with Crippen LogP contribution < -0.4 is 20.7 Å². The number of anilines is 1. The van der Waals surface area contributed by atoms with E-state index in [1.165, 1.54) is 0 Å². The number of hydrogen-bond donors (Lipinski definition) is 2. The lowest BCUT2D eigenvalue weighted by molar-refractivity contribution is -0.0158. The molecule has 34 heavy (non-hydrogen) atoms. The van der Waals surface area contributed by atoms with Crippen molar-refractivity contribution < 1.29 is 22.8 Å². The van der Waals surface area contributed by atoms with Gasteiger partial charge < -0.3 is 25.2 Å². The molecule has 1 amide bonds. The van der Waals surface area contributed by atoms with Crippen LogP contribution in [0.2, 0.25) is 0 Å². The largest absolute Gasteiger partial charge is 0.494 e. The number of hydrogen-bond acceptors (Lipinski definition) is 7. The van der Waals surface area contributed by atoms with E-state index in [1.54, 1.807) is 6.07 Å². The summed E-state index contributed by atoms with van der Waals surface area (Å²) in [6.45, 7) is 7.15. The van der Waals surface area contributed by atoms with Gasteiger partial charge in [0.15, 0.2) is 0 Å². The molecule has 3 N–H and O–H groups in total. The van der Waals surface area contributed by atoms with E-state index in [-0.39, 0.29) is 17.9 Å². The molecule has 1 aliphatic heterocycles. The molecule has 1 unspecified atom stereocenters. The van der Waals surface area contributed by atoms with Gasteiger partial charge >= 0.3 is 5.92 Å². The number of carbonyl (C=O) groups excluding carboxylic acids is 1. The van der Waals surface area contributed by atoms with E-state index in [9.17, 15) is 13.6 Å². The first kappa shape index (κ1) is 25.9. The number of halogens is 2. The van der Waals surface area contributed by atoms with Gasteiger partial charge in [0.25, 0.3) is 17.7 Å². The zero-order valence-corrected chi connectivity index (χ0v) is 20.2. The molecule has 0 radical (unpaired) electrons. The number of benzene rings is 1. The second-order valence-electron chi connectivity index (χ2n) is 9.14. The monoisotopic (exact) mass is 479 g/mol. The summed E-state index contributed by atoms with van der Waals surface area (Å²) in [4.78, 5) is 18.1. The van der Waals surface area contributed by atoms with Gasteiger partial charge in [-0.3, -0.25) is 4.79 Å². The molecule has 1 fully saturated rings. The molecule has 0 saturated carbocycles. The number of piperidine rings is 1. The van der Waals surface area contributed by atoms with E-state index < -0.39 is 11.8 Å². The first-order chi connectivity index (χ1) is 16.2. The predicted molar refractivity (Wildman–Crippen MR) is 125 cm³/mol. The molecular formula is C24H35F2N5O3. The maximum absolute atomic E-state index is 13.3. The van der Waals surface area contributed by atoms with Crippen molar-refractivity contribution in [2.75, 3.05) is 31.1 Å². The van der Waals surface area contributed by atoms with Crippen molar-refractivity contribution in [3.05, 3.63) is 35.2 Å². The van der Waals surface area contributed by atoms with Crippen LogP contribution in [0.5, 0.6) is 5.75 Å². The van der Waals surface area contributed by atoms with Crippen LogP contribution in [0.25, 0.3) is 0 Å². The Morgan fingerprint density at radius 2 is 2.12 bits per heavy atom. The number of nitrogens with two attached hydrogens (primary N) is 1. The number of amides is 1. The van der Waals surface area contributed by atoms with E-state index in [1.807, 2.05) is 30.9 Å². The molecule has 10 heteroatoms. The SMILES string of the molecule is Cc1cc(OCCCC2CCN(c3noc(C(C)(F)F)n3)CC2)ccc1C(=O)NC(C)CCN. The Morgan fingerprint density at radius 3 is 2.74 bits per heavy atom. The van der Waals surface area contributed by atoms with E-state index in [4.69, 9.17) is 10.5 Å². The number of carbonyl (C=O) groups is 1. The summed E-state index contributed by atoms with van der Waals surface area (Å²) >= 11 is 0. The van der Waals surface area contributed by atoms with Gasteiger partial charge in [-0.2, -0.15) is 13.8 Å². The number of aromatic nitrogens is 2. The lowest BCUT2D eigenvalue weighted by atomic mass is 9.92. The van der Waals surface area contributed by atoms with Crippen LogP contribution in [0.1, 0.15) is 67.8 Å². The van der Waals surface area contributed by atoms with E-state index >= 15 is 0 Å². The van der Waals surface area contributed by atoms with Crippen LogP contribution in [-0.4, -0.2) is 48.3 Å². The van der Waals surface area contributed by atoms with Crippen molar-refractivity contribution in [1.29, 1.82) is 0 Å². The van der Waals surface area contributed by atoms with Crippen molar-refractivity contribution in [1.82, 2.24) is 15.5 Å². The first-order valence-electron chi connectivity index (χ1n) is 11.9. The van der Waals surface area contributed by atoms with Crippen LogP contribution in [-0.2, 0) is 5.92 Å². The summed E-state index contributed by atoms with van der Waals surface area (Å²) < 4.78 is 37.2. The molecule has 1 aliphatic rings. The molecule has 0 bridgehead atoms. The minimum absolute atomic E-state index is 0.0328. The van der Waals surface area contributed by atoms with Crippen LogP contribution in [0.3, 0.4) is 0 Å². The number of nitrogens with one attached hydrogen (secondary N) is 1. The molecule has 8 nitrogen and oxygen atoms in total. The third kappa shape index (κ3) is 7.12. The topological polar surface area (TPSA) is 107 Å². The molecule has 1 atom stereocenters. The predicted octanol–water partition coefficient (Wildman–Crippen LogP) is 4.03. The summed E-state index contributed by atoms with van der Waals surface area (Å²) in [7, 11) is 0. The lowest BCUT2D eigenvalue weighted by Crippen LogP contribution is -2.34. The van der Waals surface area contributed by atoms with Gasteiger partial charge in [0.2, 0.25) is 0 Å². The quantitative estimate of drug-likeness (QED) is 0.469. The van der Waals surface area contributed by atoms with Crippen molar-refractivity contribution in [2.45, 2.75) is 64.8 Å². The molecule has 188 valence electrons. The fourth-order valence-electron chi connectivity index (χ4n) is 4.11. The Kier molecular flexibility index (Phi) is 8.82. The van der Waals surface area contributed by atoms with Gasteiger partial charge in [-0.25, -0.2) is 0 Å². The van der Waals surface area contributed by atoms with Crippen LogP contribution in [0, 0.1) is 12.8 Å². The summed E-state index contributed by atoms with van der Waals surface area (Å²) in [5.41, 5.74) is 7.05. The first-order valence-corrected chi connectivity index (χ1v) is 11.9.